The van der Waals surface area contributed by atoms with Crippen molar-refractivity contribution in [2.45, 2.75) is 25.4 Å². The minimum atomic E-state index is 0.439. The number of hydrogen-bond acceptors (Lipinski definition) is 3. The molecule has 2 rings (SSSR count). The van der Waals surface area contributed by atoms with Gasteiger partial charge in [0.25, 0.3) is 0 Å². The zero-order valence-corrected chi connectivity index (χ0v) is 13.3. The van der Waals surface area contributed by atoms with Crippen molar-refractivity contribution in [3.63, 3.8) is 0 Å². The van der Waals surface area contributed by atoms with Crippen LogP contribution in [0.1, 0.15) is 24.9 Å². The van der Waals surface area contributed by atoms with Crippen molar-refractivity contribution in [3.8, 4) is 0 Å². The molecular formula is C17H29N3. The van der Waals surface area contributed by atoms with Crippen LogP contribution in [0.3, 0.4) is 0 Å². The third kappa shape index (κ3) is 3.81. The van der Waals surface area contributed by atoms with Gasteiger partial charge in [0.2, 0.25) is 0 Å². The van der Waals surface area contributed by atoms with Crippen molar-refractivity contribution < 1.29 is 0 Å². The van der Waals surface area contributed by atoms with E-state index in [9.17, 15) is 0 Å². The highest BCUT2D eigenvalue weighted by Crippen LogP contribution is 2.24. The van der Waals surface area contributed by atoms with Crippen LogP contribution in [0.5, 0.6) is 0 Å². The van der Waals surface area contributed by atoms with E-state index in [1.165, 1.54) is 31.6 Å². The number of nitrogens with one attached hydrogen (secondary N) is 1. The number of rotatable bonds is 6. The van der Waals surface area contributed by atoms with Crippen molar-refractivity contribution in [2.75, 3.05) is 40.8 Å². The first-order valence-corrected chi connectivity index (χ1v) is 7.72. The lowest BCUT2D eigenvalue weighted by atomic mass is 9.94. The molecule has 0 bridgehead atoms. The van der Waals surface area contributed by atoms with Crippen LogP contribution in [0.2, 0.25) is 0 Å². The molecule has 1 fully saturated rings. The molecule has 3 nitrogen and oxygen atoms in total. The summed E-state index contributed by atoms with van der Waals surface area (Å²) in [6, 6.07) is 12.0. The zero-order valence-electron chi connectivity index (χ0n) is 13.3. The van der Waals surface area contributed by atoms with Gasteiger partial charge in [0, 0.05) is 25.2 Å². The summed E-state index contributed by atoms with van der Waals surface area (Å²) in [5, 5.41) is 3.49. The Hall–Kier alpha value is -0.900. The van der Waals surface area contributed by atoms with E-state index in [0.29, 0.717) is 12.0 Å². The molecule has 1 aliphatic rings. The van der Waals surface area contributed by atoms with Crippen LogP contribution in [0.4, 0.5) is 0 Å². The van der Waals surface area contributed by atoms with Crippen molar-refractivity contribution in [1.29, 1.82) is 0 Å². The minimum Gasteiger partial charge on any atom is -0.313 e. The summed E-state index contributed by atoms with van der Waals surface area (Å²) in [5.41, 5.74) is 1.39. The highest BCUT2D eigenvalue weighted by molar-refractivity contribution is 5.19. The second kappa shape index (κ2) is 7.21. The number of likely N-dealkylation sites (N-methyl/N-ethyl adjacent to an activating group) is 1. The van der Waals surface area contributed by atoms with E-state index in [2.05, 4.69) is 73.5 Å². The molecule has 0 aromatic heterocycles. The molecule has 0 aliphatic carbocycles. The maximum Gasteiger partial charge on any atom is 0.0355 e. The zero-order chi connectivity index (χ0) is 14.5. The number of benzene rings is 1. The fraction of sp³-hybridized carbons (Fsp3) is 0.647. The lowest BCUT2D eigenvalue weighted by molar-refractivity contribution is 0.227. The third-order valence-corrected chi connectivity index (χ3v) is 4.56. The molecule has 20 heavy (non-hydrogen) atoms. The normalized spacial score (nSPS) is 23.1. The topological polar surface area (TPSA) is 18.5 Å². The van der Waals surface area contributed by atoms with Crippen LogP contribution in [0.15, 0.2) is 30.3 Å². The average molecular weight is 275 g/mol. The molecule has 3 atom stereocenters. The first-order valence-electron chi connectivity index (χ1n) is 7.72. The van der Waals surface area contributed by atoms with Gasteiger partial charge in [-0.2, -0.15) is 0 Å². The van der Waals surface area contributed by atoms with E-state index in [1.807, 2.05) is 0 Å². The predicted molar refractivity (Wildman–Crippen MR) is 85.9 cm³/mol. The smallest absolute Gasteiger partial charge is 0.0355 e. The molecule has 3 unspecified atom stereocenters. The van der Waals surface area contributed by atoms with Gasteiger partial charge < -0.3 is 15.1 Å². The van der Waals surface area contributed by atoms with E-state index >= 15 is 0 Å². The fourth-order valence-electron chi connectivity index (χ4n) is 3.35. The highest BCUT2D eigenvalue weighted by Gasteiger charge is 2.27. The molecule has 112 valence electrons. The quantitative estimate of drug-likeness (QED) is 0.859. The Morgan fingerprint density at radius 2 is 2.00 bits per heavy atom. The van der Waals surface area contributed by atoms with Gasteiger partial charge in [-0.3, -0.25) is 0 Å². The lowest BCUT2D eigenvalue weighted by Gasteiger charge is -2.28. The molecule has 0 spiro atoms. The first kappa shape index (κ1) is 15.5. The van der Waals surface area contributed by atoms with Crippen LogP contribution in [-0.4, -0.2) is 56.6 Å². The van der Waals surface area contributed by atoms with E-state index in [4.69, 9.17) is 0 Å². The Balaban J connectivity index is 1.92. The second-order valence-electron chi connectivity index (χ2n) is 6.32. The van der Waals surface area contributed by atoms with Crippen molar-refractivity contribution in [1.82, 2.24) is 15.1 Å². The lowest BCUT2D eigenvalue weighted by Crippen LogP contribution is -2.36. The van der Waals surface area contributed by atoms with Gasteiger partial charge in [0.1, 0.15) is 0 Å². The third-order valence-electron chi connectivity index (χ3n) is 4.56. The van der Waals surface area contributed by atoms with E-state index in [-0.39, 0.29) is 0 Å². The fourth-order valence-corrected chi connectivity index (χ4v) is 3.35. The summed E-state index contributed by atoms with van der Waals surface area (Å²) < 4.78 is 0. The van der Waals surface area contributed by atoms with E-state index in [0.717, 1.165) is 6.04 Å². The second-order valence-corrected chi connectivity index (χ2v) is 6.32. The van der Waals surface area contributed by atoms with Crippen molar-refractivity contribution >= 4 is 0 Å². The summed E-state index contributed by atoms with van der Waals surface area (Å²) in [6.07, 6.45) is 1.30. The van der Waals surface area contributed by atoms with E-state index in [1.54, 1.807) is 0 Å². The summed E-state index contributed by atoms with van der Waals surface area (Å²) in [5.74, 6) is 0.614. The summed E-state index contributed by atoms with van der Waals surface area (Å²) in [7, 11) is 6.46. The Bertz CT molecular complexity index is 390. The van der Waals surface area contributed by atoms with Crippen molar-refractivity contribution in [2.24, 2.45) is 5.92 Å². The maximum atomic E-state index is 3.49. The Kier molecular flexibility index (Phi) is 5.58. The van der Waals surface area contributed by atoms with Gasteiger partial charge in [0.15, 0.2) is 0 Å². The Morgan fingerprint density at radius 3 is 2.55 bits per heavy atom. The first-order chi connectivity index (χ1) is 9.61. The number of likely N-dealkylation sites (tertiary alicyclic amines) is 1. The van der Waals surface area contributed by atoms with Gasteiger partial charge in [0.05, 0.1) is 0 Å². The van der Waals surface area contributed by atoms with Gasteiger partial charge in [-0.25, -0.2) is 0 Å². The largest absolute Gasteiger partial charge is 0.313 e. The van der Waals surface area contributed by atoms with E-state index < -0.39 is 0 Å². The monoisotopic (exact) mass is 275 g/mol. The molecule has 0 saturated carbocycles. The van der Waals surface area contributed by atoms with Gasteiger partial charge in [-0.15, -0.1) is 0 Å². The molecule has 1 saturated heterocycles. The summed E-state index contributed by atoms with van der Waals surface area (Å²) >= 11 is 0. The van der Waals surface area contributed by atoms with Gasteiger partial charge in [-0.1, -0.05) is 37.3 Å². The molecule has 1 N–H and O–H groups in total. The molecule has 1 aromatic rings. The molecule has 0 amide bonds. The van der Waals surface area contributed by atoms with Gasteiger partial charge >= 0.3 is 0 Å². The standard InChI is InChI=1S/C17H29N3/c1-14(12-20-11-10-16(13-20)19(3)4)17(18-2)15-8-6-5-7-9-15/h5-9,14,16-18H,10-13H2,1-4H3. The van der Waals surface area contributed by atoms with Crippen LogP contribution >= 0.6 is 0 Å². The van der Waals surface area contributed by atoms with Crippen LogP contribution in [0, 0.1) is 5.92 Å². The molecular weight excluding hydrogens is 246 g/mol. The van der Waals surface area contributed by atoms with Crippen LogP contribution in [0.25, 0.3) is 0 Å². The Morgan fingerprint density at radius 1 is 1.30 bits per heavy atom. The molecule has 1 aromatic carbocycles. The molecule has 3 heteroatoms. The summed E-state index contributed by atoms with van der Waals surface area (Å²) in [4.78, 5) is 4.97. The maximum absolute atomic E-state index is 3.49. The Labute approximate surface area is 124 Å². The molecule has 1 aliphatic heterocycles. The minimum absolute atomic E-state index is 0.439. The van der Waals surface area contributed by atoms with Crippen molar-refractivity contribution in [3.05, 3.63) is 35.9 Å². The summed E-state index contributed by atoms with van der Waals surface area (Å²) in [6.45, 7) is 5.98. The number of hydrogen-bond donors (Lipinski definition) is 1. The molecule has 0 radical (unpaired) electrons. The number of nitrogens with zero attached hydrogens (tertiary/aromatic N) is 2. The van der Waals surface area contributed by atoms with Crippen LogP contribution in [-0.2, 0) is 0 Å². The highest BCUT2D eigenvalue weighted by atomic mass is 15.2. The predicted octanol–water partition coefficient (Wildman–Crippen LogP) is 2.22. The van der Waals surface area contributed by atoms with Crippen LogP contribution < -0.4 is 5.32 Å². The average Bonchev–Trinajstić information content (AvgIpc) is 2.89. The SMILES string of the molecule is CNC(c1ccccc1)C(C)CN1CCC(N(C)C)C1. The molecule has 1 heterocycles. The van der Waals surface area contributed by atoms with Gasteiger partial charge in [-0.05, 0) is 45.6 Å².